The number of carbonyl (C=O) groups is 1. The van der Waals surface area contributed by atoms with Crippen molar-refractivity contribution in [1.82, 2.24) is 9.80 Å². The van der Waals surface area contributed by atoms with E-state index in [1.165, 1.54) is 0 Å². The van der Waals surface area contributed by atoms with Crippen LogP contribution in [0.2, 0.25) is 0 Å². The van der Waals surface area contributed by atoms with Gasteiger partial charge in [0.05, 0.1) is 6.54 Å². The minimum absolute atomic E-state index is 0.0962. The van der Waals surface area contributed by atoms with E-state index < -0.39 is 0 Å². The van der Waals surface area contributed by atoms with Crippen LogP contribution in [0.4, 0.5) is 0 Å². The van der Waals surface area contributed by atoms with Gasteiger partial charge < -0.3 is 15.5 Å². The average molecular weight is 285 g/mol. The van der Waals surface area contributed by atoms with Gasteiger partial charge in [-0.05, 0) is 51.2 Å². The van der Waals surface area contributed by atoms with E-state index in [0.717, 1.165) is 36.2 Å². The molecule has 1 unspecified atom stereocenters. The van der Waals surface area contributed by atoms with Gasteiger partial charge in [0.25, 0.3) is 5.91 Å². The maximum atomic E-state index is 12.6. The molecule has 2 N–H and O–H groups in total. The molecule has 1 fully saturated rings. The van der Waals surface area contributed by atoms with Gasteiger partial charge in [0, 0.05) is 30.3 Å². The van der Waals surface area contributed by atoms with Crippen molar-refractivity contribution in [3.8, 4) is 11.8 Å². The van der Waals surface area contributed by atoms with Crippen LogP contribution in [0.5, 0.6) is 0 Å². The summed E-state index contributed by atoms with van der Waals surface area (Å²) in [5.41, 5.74) is 8.02. The van der Waals surface area contributed by atoms with Crippen LogP contribution in [-0.4, -0.2) is 55.5 Å². The predicted octanol–water partition coefficient (Wildman–Crippen LogP) is 1.08. The summed E-state index contributed by atoms with van der Waals surface area (Å²) < 4.78 is 0. The summed E-state index contributed by atoms with van der Waals surface area (Å²) in [5, 5.41) is 0. The summed E-state index contributed by atoms with van der Waals surface area (Å²) in [4.78, 5) is 16.7. The van der Waals surface area contributed by atoms with Gasteiger partial charge in [0.2, 0.25) is 0 Å². The Morgan fingerprint density at radius 3 is 2.81 bits per heavy atom. The quantitative estimate of drug-likeness (QED) is 0.827. The largest absolute Gasteiger partial charge is 0.337 e. The smallest absolute Gasteiger partial charge is 0.253 e. The molecule has 21 heavy (non-hydrogen) atoms. The zero-order valence-electron chi connectivity index (χ0n) is 13.0. The van der Waals surface area contributed by atoms with E-state index in [9.17, 15) is 4.79 Å². The summed E-state index contributed by atoms with van der Waals surface area (Å²) in [6, 6.07) is 6.22. The van der Waals surface area contributed by atoms with E-state index in [-0.39, 0.29) is 5.91 Å². The lowest BCUT2D eigenvalue weighted by Gasteiger charge is -2.20. The third-order valence-corrected chi connectivity index (χ3v) is 3.84. The molecular weight excluding hydrogens is 262 g/mol. The van der Waals surface area contributed by atoms with Crippen molar-refractivity contribution in [2.75, 3.05) is 33.7 Å². The number of nitrogens with two attached hydrogens (primary N) is 1. The summed E-state index contributed by atoms with van der Waals surface area (Å²) >= 11 is 0. The van der Waals surface area contributed by atoms with Crippen molar-refractivity contribution < 1.29 is 4.79 Å². The average Bonchev–Trinajstić information content (AvgIpc) is 2.93. The van der Waals surface area contributed by atoms with Crippen molar-refractivity contribution in [3.63, 3.8) is 0 Å². The van der Waals surface area contributed by atoms with Crippen LogP contribution >= 0.6 is 0 Å². The summed E-state index contributed by atoms with van der Waals surface area (Å²) in [5.74, 6) is 5.94. The van der Waals surface area contributed by atoms with Crippen LogP contribution in [-0.2, 0) is 0 Å². The van der Waals surface area contributed by atoms with Crippen LogP contribution < -0.4 is 5.73 Å². The molecule has 0 spiro atoms. The van der Waals surface area contributed by atoms with E-state index >= 15 is 0 Å². The lowest BCUT2D eigenvalue weighted by molar-refractivity contribution is 0.0783. The second-order valence-corrected chi connectivity index (χ2v) is 5.75. The molecule has 1 aromatic rings. The number of benzene rings is 1. The standard InChI is InChI=1S/C17H23N3O/c1-13-9-14(5-4-7-18)11-15(10-13)17(21)20-8-6-16(12-20)19(2)3/h9-11,16H,6-8,12,18H2,1-3H3. The van der Waals surface area contributed by atoms with Crippen LogP contribution in [0.15, 0.2) is 18.2 Å². The highest BCUT2D eigenvalue weighted by atomic mass is 16.2. The summed E-state index contributed by atoms with van der Waals surface area (Å²) in [6.07, 6.45) is 1.03. The number of hydrogen-bond donors (Lipinski definition) is 1. The number of hydrogen-bond acceptors (Lipinski definition) is 3. The molecule has 1 aliphatic heterocycles. The van der Waals surface area contributed by atoms with Gasteiger partial charge in [-0.3, -0.25) is 4.79 Å². The Morgan fingerprint density at radius 2 is 2.19 bits per heavy atom. The van der Waals surface area contributed by atoms with E-state index in [1.54, 1.807) is 0 Å². The van der Waals surface area contributed by atoms with Gasteiger partial charge in [0.1, 0.15) is 0 Å². The Hall–Kier alpha value is -1.83. The highest BCUT2D eigenvalue weighted by Crippen LogP contribution is 2.18. The molecule has 1 amide bonds. The van der Waals surface area contributed by atoms with Crippen LogP contribution in [0.1, 0.15) is 27.9 Å². The van der Waals surface area contributed by atoms with Crippen molar-refractivity contribution in [2.45, 2.75) is 19.4 Å². The molecule has 4 nitrogen and oxygen atoms in total. The normalized spacial score (nSPS) is 17.8. The van der Waals surface area contributed by atoms with E-state index in [2.05, 4.69) is 30.8 Å². The van der Waals surface area contributed by atoms with Gasteiger partial charge in [-0.2, -0.15) is 0 Å². The molecule has 1 saturated heterocycles. The Bertz CT molecular complexity index is 583. The second-order valence-electron chi connectivity index (χ2n) is 5.75. The van der Waals surface area contributed by atoms with Gasteiger partial charge >= 0.3 is 0 Å². The van der Waals surface area contributed by atoms with Crippen LogP contribution in [0, 0.1) is 18.8 Å². The molecule has 0 bridgehead atoms. The second kappa shape index (κ2) is 6.75. The van der Waals surface area contributed by atoms with Gasteiger partial charge in [-0.1, -0.05) is 11.8 Å². The fourth-order valence-corrected chi connectivity index (χ4v) is 2.66. The number of amides is 1. The number of rotatable bonds is 2. The number of nitrogens with zero attached hydrogens (tertiary/aromatic N) is 2. The monoisotopic (exact) mass is 285 g/mol. The topological polar surface area (TPSA) is 49.6 Å². The number of likely N-dealkylation sites (N-methyl/N-ethyl adjacent to an activating group) is 1. The van der Waals surface area contributed by atoms with Gasteiger partial charge in [-0.25, -0.2) is 0 Å². The minimum atomic E-state index is 0.0962. The predicted molar refractivity (Wildman–Crippen MR) is 85.1 cm³/mol. The first-order valence-electron chi connectivity index (χ1n) is 7.27. The molecule has 0 aromatic heterocycles. The molecule has 1 aromatic carbocycles. The molecule has 4 heteroatoms. The van der Waals surface area contributed by atoms with Gasteiger partial charge in [0.15, 0.2) is 0 Å². The van der Waals surface area contributed by atoms with Crippen molar-refractivity contribution in [1.29, 1.82) is 0 Å². The molecule has 112 valence electrons. The zero-order chi connectivity index (χ0) is 15.4. The molecule has 1 aliphatic rings. The number of aryl methyl sites for hydroxylation is 1. The first-order chi connectivity index (χ1) is 10.0. The lowest BCUT2D eigenvalue weighted by atomic mass is 10.1. The zero-order valence-corrected chi connectivity index (χ0v) is 13.0. The third kappa shape index (κ3) is 3.84. The highest BCUT2D eigenvalue weighted by molar-refractivity contribution is 5.95. The van der Waals surface area contributed by atoms with Gasteiger partial charge in [-0.15, -0.1) is 0 Å². The van der Waals surface area contributed by atoms with E-state index in [1.807, 2.05) is 30.0 Å². The summed E-state index contributed by atoms with van der Waals surface area (Å²) in [7, 11) is 4.12. The Labute approximate surface area is 126 Å². The molecule has 0 radical (unpaired) electrons. The summed E-state index contributed by atoms with van der Waals surface area (Å²) in [6.45, 7) is 3.92. The molecule has 2 rings (SSSR count). The maximum absolute atomic E-state index is 12.6. The maximum Gasteiger partial charge on any atom is 0.253 e. The van der Waals surface area contributed by atoms with E-state index in [4.69, 9.17) is 5.73 Å². The Kier molecular flexibility index (Phi) is 5.00. The first kappa shape index (κ1) is 15.6. The number of likely N-dealkylation sites (tertiary alicyclic amines) is 1. The van der Waals surface area contributed by atoms with Crippen LogP contribution in [0.25, 0.3) is 0 Å². The molecular formula is C17H23N3O. The minimum Gasteiger partial charge on any atom is -0.337 e. The van der Waals surface area contributed by atoms with Crippen molar-refractivity contribution in [2.24, 2.45) is 5.73 Å². The molecule has 1 atom stereocenters. The first-order valence-corrected chi connectivity index (χ1v) is 7.27. The van der Waals surface area contributed by atoms with Crippen LogP contribution in [0.3, 0.4) is 0 Å². The Balaban J connectivity index is 2.18. The third-order valence-electron chi connectivity index (χ3n) is 3.84. The molecule has 0 aliphatic carbocycles. The van der Waals surface area contributed by atoms with E-state index in [0.29, 0.717) is 12.6 Å². The molecule has 1 heterocycles. The lowest BCUT2D eigenvalue weighted by Crippen LogP contribution is -2.34. The number of carbonyl (C=O) groups excluding carboxylic acids is 1. The molecule has 0 saturated carbocycles. The fraction of sp³-hybridized carbons (Fsp3) is 0.471. The van der Waals surface area contributed by atoms with Crippen molar-refractivity contribution in [3.05, 3.63) is 34.9 Å². The SMILES string of the molecule is Cc1cc(C#CCN)cc(C(=O)N2CCC(N(C)C)C2)c1. The van der Waals surface area contributed by atoms with Crippen molar-refractivity contribution >= 4 is 5.91 Å². The fourth-order valence-electron chi connectivity index (χ4n) is 2.66. The highest BCUT2D eigenvalue weighted by Gasteiger charge is 2.28. The Morgan fingerprint density at radius 1 is 1.43 bits per heavy atom.